The van der Waals surface area contributed by atoms with Crippen LogP contribution in [0, 0.1) is 0 Å². The van der Waals surface area contributed by atoms with Crippen LogP contribution in [0.15, 0.2) is 53.2 Å². The number of aromatic nitrogens is 2. The molecule has 2 aromatic heterocycles. The summed E-state index contributed by atoms with van der Waals surface area (Å²) < 4.78 is 12.8. The van der Waals surface area contributed by atoms with Crippen molar-refractivity contribution >= 4 is 29.1 Å². The summed E-state index contributed by atoms with van der Waals surface area (Å²) in [5, 5.41) is 8.12. The summed E-state index contributed by atoms with van der Waals surface area (Å²) in [5.74, 6) is 1.23. The Kier molecular flexibility index (Phi) is 6.20. The first-order chi connectivity index (χ1) is 12.6. The monoisotopic (exact) mass is 393 g/mol. The van der Waals surface area contributed by atoms with Gasteiger partial charge >= 0.3 is 0 Å². The van der Waals surface area contributed by atoms with Crippen molar-refractivity contribution in [3.8, 4) is 5.75 Å². The van der Waals surface area contributed by atoms with Gasteiger partial charge in [0.15, 0.2) is 5.76 Å². The molecule has 0 saturated heterocycles. The lowest BCUT2D eigenvalue weighted by Gasteiger charge is -2.05. The van der Waals surface area contributed by atoms with Crippen LogP contribution in [0.4, 0.5) is 0 Å². The molecule has 0 radical (unpaired) electrons. The summed E-state index contributed by atoms with van der Waals surface area (Å²) in [7, 11) is 0. The fraction of sp³-hybridized carbons (Fsp3) is 0.222. The van der Waals surface area contributed by atoms with Gasteiger partial charge < -0.3 is 14.5 Å². The lowest BCUT2D eigenvalue weighted by Crippen LogP contribution is -2.24. The van der Waals surface area contributed by atoms with Gasteiger partial charge in [-0.3, -0.25) is 9.48 Å². The van der Waals surface area contributed by atoms with Crippen molar-refractivity contribution in [1.82, 2.24) is 15.1 Å². The van der Waals surface area contributed by atoms with Crippen LogP contribution in [-0.2, 0) is 13.2 Å². The Labute approximate surface area is 160 Å². The minimum Gasteiger partial charge on any atom is -0.486 e. The fourth-order valence-corrected chi connectivity index (χ4v) is 2.54. The fourth-order valence-electron chi connectivity index (χ4n) is 2.25. The number of amides is 1. The highest BCUT2D eigenvalue weighted by Gasteiger charge is 2.11. The highest BCUT2D eigenvalue weighted by Crippen LogP contribution is 2.17. The van der Waals surface area contributed by atoms with Crippen molar-refractivity contribution in [2.24, 2.45) is 0 Å². The van der Waals surface area contributed by atoms with Gasteiger partial charge in [-0.2, -0.15) is 5.10 Å². The number of nitrogens with zero attached hydrogens (tertiary/aromatic N) is 2. The zero-order chi connectivity index (χ0) is 18.4. The molecule has 0 aliphatic rings. The molecule has 0 aliphatic carbocycles. The van der Waals surface area contributed by atoms with Gasteiger partial charge in [-0.25, -0.2) is 0 Å². The number of hydrogen-bond donors (Lipinski definition) is 1. The van der Waals surface area contributed by atoms with Gasteiger partial charge in [-0.05, 0) is 42.8 Å². The molecule has 1 amide bonds. The number of benzene rings is 1. The molecule has 8 heteroatoms. The first-order valence-corrected chi connectivity index (χ1v) is 8.79. The Balaban J connectivity index is 1.41. The topological polar surface area (TPSA) is 69.3 Å². The normalized spacial score (nSPS) is 10.7. The Hall–Kier alpha value is -2.44. The molecule has 0 fully saturated rings. The molecule has 0 atom stereocenters. The van der Waals surface area contributed by atoms with Crippen LogP contribution in [-0.4, -0.2) is 22.2 Å². The predicted molar refractivity (Wildman–Crippen MR) is 98.7 cm³/mol. The van der Waals surface area contributed by atoms with E-state index in [1.54, 1.807) is 53.5 Å². The second kappa shape index (κ2) is 8.78. The molecule has 136 valence electrons. The summed E-state index contributed by atoms with van der Waals surface area (Å²) in [5.41, 5.74) is 0. The molecule has 6 nitrogen and oxygen atoms in total. The van der Waals surface area contributed by atoms with Crippen LogP contribution in [0.1, 0.15) is 22.7 Å². The molecule has 2 heterocycles. The number of halogens is 2. The quantitative estimate of drug-likeness (QED) is 0.582. The van der Waals surface area contributed by atoms with Crippen LogP contribution in [0.2, 0.25) is 10.0 Å². The average Bonchev–Trinajstić information content (AvgIpc) is 3.27. The second-order valence-electron chi connectivity index (χ2n) is 5.54. The van der Waals surface area contributed by atoms with Gasteiger partial charge in [-0.1, -0.05) is 23.2 Å². The second-order valence-corrected chi connectivity index (χ2v) is 6.41. The maximum absolute atomic E-state index is 12.1. The lowest BCUT2D eigenvalue weighted by atomic mass is 10.3. The van der Waals surface area contributed by atoms with Crippen molar-refractivity contribution in [3.63, 3.8) is 0 Å². The van der Waals surface area contributed by atoms with Crippen LogP contribution < -0.4 is 10.1 Å². The zero-order valence-electron chi connectivity index (χ0n) is 13.8. The van der Waals surface area contributed by atoms with Crippen molar-refractivity contribution in [2.75, 3.05) is 6.54 Å². The summed E-state index contributed by atoms with van der Waals surface area (Å²) in [4.78, 5) is 12.1. The highest BCUT2D eigenvalue weighted by molar-refractivity contribution is 6.30. The van der Waals surface area contributed by atoms with Crippen molar-refractivity contribution < 1.29 is 13.9 Å². The Morgan fingerprint density at radius 3 is 2.69 bits per heavy atom. The largest absolute Gasteiger partial charge is 0.486 e. The molecule has 26 heavy (non-hydrogen) atoms. The van der Waals surface area contributed by atoms with Crippen molar-refractivity contribution in [2.45, 2.75) is 19.6 Å². The maximum atomic E-state index is 12.1. The van der Waals surface area contributed by atoms with E-state index < -0.39 is 0 Å². The van der Waals surface area contributed by atoms with E-state index in [0.717, 1.165) is 6.42 Å². The first kappa shape index (κ1) is 18.4. The van der Waals surface area contributed by atoms with E-state index in [0.29, 0.717) is 34.6 Å². The molecule has 3 rings (SSSR count). The SMILES string of the molecule is O=C(NCCCn1cc(Cl)cn1)c1ccc(COc2ccc(Cl)cc2)o1. The van der Waals surface area contributed by atoms with Crippen LogP contribution in [0.3, 0.4) is 0 Å². The molecule has 0 aliphatic heterocycles. The van der Waals surface area contributed by atoms with E-state index >= 15 is 0 Å². The van der Waals surface area contributed by atoms with Crippen molar-refractivity contribution in [1.29, 1.82) is 0 Å². The van der Waals surface area contributed by atoms with Gasteiger partial charge in [-0.15, -0.1) is 0 Å². The number of aryl methyl sites for hydroxylation is 1. The number of rotatable bonds is 8. The van der Waals surface area contributed by atoms with E-state index in [1.165, 1.54) is 0 Å². The highest BCUT2D eigenvalue weighted by atomic mass is 35.5. The summed E-state index contributed by atoms with van der Waals surface area (Å²) in [6, 6.07) is 10.4. The Morgan fingerprint density at radius 1 is 1.15 bits per heavy atom. The average molecular weight is 394 g/mol. The van der Waals surface area contributed by atoms with Gasteiger partial charge in [0.05, 0.1) is 11.2 Å². The molecule has 0 bridgehead atoms. The van der Waals surface area contributed by atoms with E-state index in [4.69, 9.17) is 32.4 Å². The Morgan fingerprint density at radius 2 is 1.96 bits per heavy atom. The summed E-state index contributed by atoms with van der Waals surface area (Å²) in [6.07, 6.45) is 4.05. The summed E-state index contributed by atoms with van der Waals surface area (Å²) >= 11 is 11.6. The van der Waals surface area contributed by atoms with E-state index in [2.05, 4.69) is 10.4 Å². The van der Waals surface area contributed by atoms with E-state index in [1.807, 2.05) is 0 Å². The van der Waals surface area contributed by atoms with Crippen molar-refractivity contribution in [3.05, 3.63) is 70.4 Å². The van der Waals surface area contributed by atoms with Gasteiger partial charge in [0.1, 0.15) is 18.1 Å². The number of ether oxygens (including phenoxy) is 1. The number of nitrogens with one attached hydrogen (secondary N) is 1. The minimum atomic E-state index is -0.263. The zero-order valence-corrected chi connectivity index (χ0v) is 15.3. The Bertz CT molecular complexity index is 859. The van der Waals surface area contributed by atoms with E-state index in [9.17, 15) is 4.79 Å². The number of hydrogen-bond acceptors (Lipinski definition) is 4. The number of carbonyl (C=O) groups is 1. The third-order valence-electron chi connectivity index (χ3n) is 3.53. The van der Waals surface area contributed by atoms with E-state index in [-0.39, 0.29) is 18.3 Å². The predicted octanol–water partition coefficient (Wildman–Crippen LogP) is 4.18. The molecule has 1 N–H and O–H groups in total. The van der Waals surface area contributed by atoms with Gasteiger partial charge in [0.25, 0.3) is 5.91 Å². The minimum absolute atomic E-state index is 0.231. The van der Waals surface area contributed by atoms with Gasteiger partial charge in [0.2, 0.25) is 0 Å². The van der Waals surface area contributed by atoms with Gasteiger partial charge in [0, 0.05) is 24.3 Å². The number of carbonyl (C=O) groups excluding carboxylic acids is 1. The number of furan rings is 1. The molecular formula is C18H17Cl2N3O3. The maximum Gasteiger partial charge on any atom is 0.286 e. The lowest BCUT2D eigenvalue weighted by molar-refractivity contribution is 0.0921. The third kappa shape index (κ3) is 5.28. The smallest absolute Gasteiger partial charge is 0.286 e. The molecule has 0 unspecified atom stereocenters. The third-order valence-corrected chi connectivity index (χ3v) is 3.98. The molecule has 1 aromatic carbocycles. The van der Waals surface area contributed by atoms with Crippen LogP contribution in [0.5, 0.6) is 5.75 Å². The molecule has 0 spiro atoms. The first-order valence-electron chi connectivity index (χ1n) is 8.03. The molecule has 0 saturated carbocycles. The van der Waals surface area contributed by atoms with Crippen LogP contribution in [0.25, 0.3) is 0 Å². The standard InChI is InChI=1S/C18H17Cl2N3O3/c19-13-2-4-15(5-3-13)25-12-16-6-7-17(26-16)18(24)21-8-1-9-23-11-14(20)10-22-23/h2-7,10-11H,1,8-9,12H2,(H,21,24). The molecule has 3 aromatic rings. The molecular weight excluding hydrogens is 377 g/mol. The van der Waals surface area contributed by atoms with Crippen LogP contribution >= 0.6 is 23.2 Å². The summed E-state index contributed by atoms with van der Waals surface area (Å²) in [6.45, 7) is 1.41.